The molecule has 0 radical (unpaired) electrons. The summed E-state index contributed by atoms with van der Waals surface area (Å²) in [5, 5.41) is 70.0. The van der Waals surface area contributed by atoms with Gasteiger partial charge in [0, 0.05) is 0 Å². The maximum absolute atomic E-state index is 10.4. The van der Waals surface area contributed by atoms with Gasteiger partial charge in [-0.1, -0.05) is 37.3 Å². The average molecular weight is 460 g/mol. The minimum atomic E-state index is -1.63. The Morgan fingerprint density at radius 1 is 0.781 bits per heavy atom. The molecule has 2 aliphatic rings. The molecule has 11 atom stereocenters. The molecule has 0 saturated carbocycles. The van der Waals surface area contributed by atoms with E-state index < -0.39 is 80.7 Å². The number of aliphatic hydroxyl groups excluding tert-OH is 7. The van der Waals surface area contributed by atoms with Crippen LogP contribution in [0.3, 0.4) is 0 Å². The number of aliphatic hydroxyl groups is 7. The van der Waals surface area contributed by atoms with E-state index in [0.717, 1.165) is 5.56 Å². The van der Waals surface area contributed by atoms with Crippen LogP contribution in [0.5, 0.6) is 0 Å². The van der Waals surface area contributed by atoms with Crippen molar-refractivity contribution in [3.05, 3.63) is 35.9 Å². The highest BCUT2D eigenvalue weighted by Gasteiger charge is 2.47. The van der Waals surface area contributed by atoms with Crippen LogP contribution in [-0.4, -0.2) is 110 Å². The van der Waals surface area contributed by atoms with Gasteiger partial charge in [0.2, 0.25) is 0 Å². The lowest BCUT2D eigenvalue weighted by Gasteiger charge is -2.43. The Morgan fingerprint density at radius 3 is 1.94 bits per heavy atom. The lowest BCUT2D eigenvalue weighted by molar-refractivity contribution is -0.336. The Morgan fingerprint density at radius 2 is 1.34 bits per heavy atom. The molecule has 0 bridgehead atoms. The predicted molar refractivity (Wildman–Crippen MR) is 107 cm³/mol. The molecule has 0 unspecified atom stereocenters. The van der Waals surface area contributed by atoms with Crippen LogP contribution in [-0.2, 0) is 18.9 Å². The van der Waals surface area contributed by atoms with Crippen molar-refractivity contribution < 1.29 is 54.7 Å². The number of benzene rings is 1. The molecule has 11 heteroatoms. The van der Waals surface area contributed by atoms with E-state index in [0.29, 0.717) is 6.42 Å². The van der Waals surface area contributed by atoms with Crippen molar-refractivity contribution in [2.24, 2.45) is 0 Å². The van der Waals surface area contributed by atoms with Crippen LogP contribution in [0.15, 0.2) is 30.3 Å². The summed E-state index contributed by atoms with van der Waals surface area (Å²) in [5.41, 5.74) is 0.848. The van der Waals surface area contributed by atoms with Crippen molar-refractivity contribution in [3.63, 3.8) is 0 Å². The summed E-state index contributed by atoms with van der Waals surface area (Å²) < 4.78 is 22.2. The summed E-state index contributed by atoms with van der Waals surface area (Å²) in [6.07, 6.45) is -14.4. The first kappa shape index (κ1) is 25.4. The summed E-state index contributed by atoms with van der Waals surface area (Å²) in [5.74, 6) is 0. The van der Waals surface area contributed by atoms with Gasteiger partial charge < -0.3 is 54.7 Å². The number of hydrogen-bond acceptors (Lipinski definition) is 11. The highest BCUT2D eigenvalue weighted by Crippen LogP contribution is 2.30. The second kappa shape index (κ2) is 11.3. The van der Waals surface area contributed by atoms with Gasteiger partial charge in [-0.3, -0.25) is 0 Å². The number of rotatable bonds is 8. The Balaban J connectivity index is 1.65. The molecule has 0 spiro atoms. The third kappa shape index (κ3) is 5.46. The van der Waals surface area contributed by atoms with Crippen LogP contribution < -0.4 is 0 Å². The topological polar surface area (TPSA) is 179 Å². The molecule has 32 heavy (non-hydrogen) atoms. The van der Waals surface area contributed by atoms with Gasteiger partial charge in [-0.15, -0.1) is 0 Å². The van der Waals surface area contributed by atoms with Crippen LogP contribution in [0.4, 0.5) is 0 Å². The fourth-order valence-electron chi connectivity index (χ4n) is 3.80. The first-order chi connectivity index (χ1) is 15.3. The lowest BCUT2D eigenvalue weighted by Crippen LogP contribution is -2.61. The fraction of sp³-hybridized carbons (Fsp3) is 0.714. The summed E-state index contributed by atoms with van der Waals surface area (Å²) in [6, 6.07) is 9.25. The minimum absolute atomic E-state index is 0.407. The van der Waals surface area contributed by atoms with Crippen LogP contribution in [0.1, 0.15) is 25.0 Å². The fourth-order valence-corrected chi connectivity index (χ4v) is 3.80. The molecule has 2 aliphatic heterocycles. The molecule has 2 saturated heterocycles. The van der Waals surface area contributed by atoms with E-state index in [1.54, 1.807) is 0 Å². The first-order valence-electron chi connectivity index (χ1n) is 10.6. The molecule has 0 aromatic heterocycles. The Labute approximate surface area is 185 Å². The van der Waals surface area contributed by atoms with Gasteiger partial charge >= 0.3 is 0 Å². The molecule has 7 N–H and O–H groups in total. The van der Waals surface area contributed by atoms with E-state index in [-0.39, 0.29) is 0 Å². The molecule has 2 heterocycles. The zero-order chi connectivity index (χ0) is 23.4. The Kier molecular flexibility index (Phi) is 8.95. The smallest absolute Gasteiger partial charge is 0.187 e. The largest absolute Gasteiger partial charge is 0.394 e. The SMILES string of the molecule is CC[C@@H](O[C@H]1O[C@H](CO[C@@H]2O[C@H](CO)[C@@H](O)[C@H](O)[C@H]2O)[C@@H](O)[C@H](O)[C@H]1O)c1ccccc1. The highest BCUT2D eigenvalue weighted by atomic mass is 16.7. The molecule has 11 nitrogen and oxygen atoms in total. The molecule has 3 rings (SSSR count). The molecule has 182 valence electrons. The highest BCUT2D eigenvalue weighted by molar-refractivity contribution is 5.17. The van der Waals surface area contributed by atoms with E-state index in [1.165, 1.54) is 0 Å². The summed E-state index contributed by atoms with van der Waals surface area (Å²) in [4.78, 5) is 0. The normalized spacial score (nSPS) is 41.4. The number of hydrogen-bond donors (Lipinski definition) is 7. The van der Waals surface area contributed by atoms with Crippen LogP contribution in [0.2, 0.25) is 0 Å². The van der Waals surface area contributed by atoms with E-state index >= 15 is 0 Å². The van der Waals surface area contributed by atoms with Crippen LogP contribution >= 0.6 is 0 Å². The Hall–Kier alpha value is -1.22. The first-order valence-corrected chi connectivity index (χ1v) is 10.6. The van der Waals surface area contributed by atoms with E-state index in [4.69, 9.17) is 18.9 Å². The average Bonchev–Trinajstić information content (AvgIpc) is 2.81. The third-order valence-electron chi connectivity index (χ3n) is 5.78. The maximum Gasteiger partial charge on any atom is 0.187 e. The quantitative estimate of drug-likeness (QED) is 0.223. The lowest BCUT2D eigenvalue weighted by atomic mass is 9.98. The minimum Gasteiger partial charge on any atom is -0.394 e. The second-order valence-electron chi connectivity index (χ2n) is 7.99. The Bertz CT molecular complexity index is 690. The van der Waals surface area contributed by atoms with Gasteiger partial charge in [0.05, 0.1) is 19.3 Å². The third-order valence-corrected chi connectivity index (χ3v) is 5.78. The van der Waals surface area contributed by atoms with E-state index in [1.807, 2.05) is 37.3 Å². The molecule has 1 aromatic carbocycles. The van der Waals surface area contributed by atoms with Crippen molar-refractivity contribution in [1.82, 2.24) is 0 Å². The van der Waals surface area contributed by atoms with Crippen molar-refractivity contribution >= 4 is 0 Å². The molecular formula is C21H32O11. The van der Waals surface area contributed by atoms with Gasteiger partial charge in [-0.05, 0) is 12.0 Å². The summed E-state index contributed by atoms with van der Waals surface area (Å²) in [6.45, 7) is 0.861. The molecule has 1 aromatic rings. The van der Waals surface area contributed by atoms with Crippen molar-refractivity contribution in [2.75, 3.05) is 13.2 Å². The van der Waals surface area contributed by atoms with Crippen LogP contribution in [0.25, 0.3) is 0 Å². The van der Waals surface area contributed by atoms with E-state index in [9.17, 15) is 35.7 Å². The van der Waals surface area contributed by atoms with Gasteiger partial charge in [-0.2, -0.15) is 0 Å². The van der Waals surface area contributed by atoms with Gasteiger partial charge in [0.15, 0.2) is 12.6 Å². The zero-order valence-corrected chi connectivity index (χ0v) is 17.6. The predicted octanol–water partition coefficient (Wildman–Crippen LogP) is -2.22. The maximum atomic E-state index is 10.4. The molecule has 0 amide bonds. The second-order valence-corrected chi connectivity index (χ2v) is 7.99. The molecular weight excluding hydrogens is 428 g/mol. The van der Waals surface area contributed by atoms with Gasteiger partial charge in [0.25, 0.3) is 0 Å². The van der Waals surface area contributed by atoms with Crippen molar-refractivity contribution in [2.45, 2.75) is 80.9 Å². The van der Waals surface area contributed by atoms with Gasteiger partial charge in [-0.25, -0.2) is 0 Å². The molecule has 0 aliphatic carbocycles. The molecule has 2 fully saturated rings. The number of ether oxygens (including phenoxy) is 4. The summed E-state index contributed by atoms with van der Waals surface area (Å²) >= 11 is 0. The summed E-state index contributed by atoms with van der Waals surface area (Å²) in [7, 11) is 0. The zero-order valence-electron chi connectivity index (χ0n) is 17.6. The van der Waals surface area contributed by atoms with Gasteiger partial charge in [0.1, 0.15) is 48.8 Å². The van der Waals surface area contributed by atoms with Crippen molar-refractivity contribution in [3.8, 4) is 0 Å². The monoisotopic (exact) mass is 460 g/mol. The standard InChI is InChI=1S/C21H32O11/c1-2-11(10-6-4-3-5-7-10)30-21-19(28)17(26)15(24)13(32-21)9-29-20-18(27)16(25)14(23)12(8-22)31-20/h3-7,11-28H,2,8-9H2,1H3/t11-,12-,13-,14-,15-,16+,17+,18-,19-,20-,21+/m1/s1. The van der Waals surface area contributed by atoms with Crippen molar-refractivity contribution in [1.29, 1.82) is 0 Å². The van der Waals surface area contributed by atoms with Crippen LogP contribution in [0, 0.1) is 0 Å². The van der Waals surface area contributed by atoms with E-state index in [2.05, 4.69) is 0 Å².